The molecule has 0 aliphatic heterocycles. The van der Waals surface area contributed by atoms with Crippen LogP contribution in [-0.2, 0) is 14.4 Å². The van der Waals surface area contributed by atoms with Gasteiger partial charge in [-0.05, 0) is 0 Å². The average molecular weight is 310 g/mol. The van der Waals surface area contributed by atoms with Crippen molar-refractivity contribution in [1.82, 2.24) is 10.6 Å². The molecule has 0 aromatic carbocycles. The van der Waals surface area contributed by atoms with Gasteiger partial charge in [0.25, 0.3) is 0 Å². The molecule has 0 bridgehead atoms. The van der Waals surface area contributed by atoms with Crippen LogP contribution in [0.1, 0.15) is 6.42 Å². The van der Waals surface area contributed by atoms with Gasteiger partial charge in [0.2, 0.25) is 11.8 Å². The third kappa shape index (κ3) is 10.6. The maximum absolute atomic E-state index is 11.2. The fraction of sp³-hybridized carbons (Fsp3) is 0.667. The zero-order valence-corrected chi connectivity index (χ0v) is 11.9. The number of hydrogen-bond donors (Lipinski definition) is 5. The first-order chi connectivity index (χ1) is 8.97. The number of amides is 2. The minimum absolute atomic E-state index is 0.0497. The van der Waals surface area contributed by atoms with E-state index >= 15 is 0 Å². The van der Waals surface area contributed by atoms with E-state index in [0.717, 1.165) is 0 Å². The predicted octanol–water partition coefficient (Wildman–Crippen LogP) is -1.68. The summed E-state index contributed by atoms with van der Waals surface area (Å²) in [5.74, 6) is -0.781. The SMILES string of the molecule is NCNC(=O)[C@@H](N)CSSCCC(=O)NCC(=O)O. The second-order valence-corrected chi connectivity index (χ2v) is 6.01. The van der Waals surface area contributed by atoms with Crippen molar-refractivity contribution in [2.75, 3.05) is 24.7 Å². The Morgan fingerprint density at radius 3 is 2.47 bits per heavy atom. The van der Waals surface area contributed by atoms with Crippen LogP contribution in [0.2, 0.25) is 0 Å². The minimum Gasteiger partial charge on any atom is -0.480 e. The standard InChI is InChI=1S/C9H18N4O4S2/c10-5-13-9(17)6(11)4-19-18-2-1-7(14)12-3-8(15)16/h6H,1-5,10-11H2,(H,12,14)(H,13,17)(H,15,16)/t6-/m0/s1. The van der Waals surface area contributed by atoms with Crippen LogP contribution >= 0.6 is 21.6 Å². The molecule has 110 valence electrons. The van der Waals surface area contributed by atoms with Gasteiger partial charge in [-0.2, -0.15) is 0 Å². The molecule has 0 saturated carbocycles. The van der Waals surface area contributed by atoms with Crippen molar-refractivity contribution in [2.24, 2.45) is 11.5 Å². The van der Waals surface area contributed by atoms with Gasteiger partial charge in [0.15, 0.2) is 0 Å². The van der Waals surface area contributed by atoms with Gasteiger partial charge in [-0.25, -0.2) is 0 Å². The Morgan fingerprint density at radius 1 is 1.21 bits per heavy atom. The number of nitrogens with one attached hydrogen (secondary N) is 2. The zero-order chi connectivity index (χ0) is 14.7. The summed E-state index contributed by atoms with van der Waals surface area (Å²) >= 11 is 0. The summed E-state index contributed by atoms with van der Waals surface area (Å²) in [7, 11) is 2.77. The van der Waals surface area contributed by atoms with Crippen LogP contribution in [-0.4, -0.2) is 53.7 Å². The fourth-order valence-corrected chi connectivity index (χ4v) is 3.00. The highest BCUT2D eigenvalue weighted by molar-refractivity contribution is 8.76. The first-order valence-electron chi connectivity index (χ1n) is 5.43. The van der Waals surface area contributed by atoms with Crippen molar-refractivity contribution in [2.45, 2.75) is 12.5 Å². The van der Waals surface area contributed by atoms with Crippen molar-refractivity contribution in [3.63, 3.8) is 0 Å². The van der Waals surface area contributed by atoms with E-state index in [0.29, 0.717) is 11.5 Å². The molecule has 7 N–H and O–H groups in total. The van der Waals surface area contributed by atoms with E-state index in [2.05, 4.69) is 10.6 Å². The van der Waals surface area contributed by atoms with Crippen LogP contribution in [0.4, 0.5) is 0 Å². The number of rotatable bonds is 10. The Morgan fingerprint density at radius 2 is 1.89 bits per heavy atom. The second-order valence-electron chi connectivity index (χ2n) is 3.38. The molecule has 0 spiro atoms. The summed E-state index contributed by atoms with van der Waals surface area (Å²) in [5.41, 5.74) is 10.7. The van der Waals surface area contributed by atoms with Crippen LogP contribution in [0.25, 0.3) is 0 Å². The predicted molar refractivity (Wildman–Crippen MR) is 75.4 cm³/mol. The van der Waals surface area contributed by atoms with Crippen molar-refractivity contribution >= 4 is 39.4 Å². The molecule has 10 heteroatoms. The largest absolute Gasteiger partial charge is 0.480 e. The molecular formula is C9H18N4O4S2. The Bertz CT molecular complexity index is 317. The Kier molecular flexibility index (Phi) is 10.4. The molecule has 0 aliphatic rings. The second kappa shape index (κ2) is 10.9. The van der Waals surface area contributed by atoms with E-state index in [9.17, 15) is 14.4 Å². The highest BCUT2D eigenvalue weighted by atomic mass is 33.1. The Hall–Kier alpha value is -0.970. The van der Waals surface area contributed by atoms with E-state index < -0.39 is 12.0 Å². The number of carboxylic acids is 1. The molecular weight excluding hydrogens is 292 g/mol. The molecule has 0 heterocycles. The first kappa shape index (κ1) is 18.0. The summed E-state index contributed by atoms with van der Waals surface area (Å²) in [5, 5.41) is 13.0. The molecule has 0 fully saturated rings. The molecule has 1 atom stereocenters. The highest BCUT2D eigenvalue weighted by Gasteiger charge is 2.12. The van der Waals surface area contributed by atoms with Crippen LogP contribution in [0.5, 0.6) is 0 Å². The molecule has 0 rings (SSSR count). The van der Waals surface area contributed by atoms with Crippen molar-refractivity contribution in [3.8, 4) is 0 Å². The number of nitrogens with two attached hydrogens (primary N) is 2. The van der Waals surface area contributed by atoms with Gasteiger partial charge < -0.3 is 27.2 Å². The summed E-state index contributed by atoms with van der Waals surface area (Å²) < 4.78 is 0. The summed E-state index contributed by atoms with van der Waals surface area (Å²) in [6.07, 6.45) is 0.217. The van der Waals surface area contributed by atoms with E-state index in [1.165, 1.54) is 21.6 Å². The summed E-state index contributed by atoms with van der Waals surface area (Å²) in [4.78, 5) is 32.5. The molecule has 0 aromatic rings. The molecule has 0 radical (unpaired) electrons. The third-order valence-corrected chi connectivity index (χ3v) is 4.23. The monoisotopic (exact) mass is 310 g/mol. The number of carboxylic acid groups (broad SMARTS) is 1. The lowest BCUT2D eigenvalue weighted by Gasteiger charge is -2.09. The topological polar surface area (TPSA) is 148 Å². The molecule has 19 heavy (non-hydrogen) atoms. The van der Waals surface area contributed by atoms with Crippen LogP contribution in [0.15, 0.2) is 0 Å². The fourth-order valence-electron chi connectivity index (χ4n) is 0.885. The van der Waals surface area contributed by atoms with Gasteiger partial charge in [-0.1, -0.05) is 21.6 Å². The zero-order valence-electron chi connectivity index (χ0n) is 10.3. The van der Waals surface area contributed by atoms with E-state index in [-0.39, 0.29) is 31.4 Å². The Labute approximate surface area is 118 Å². The number of hydrogen-bond acceptors (Lipinski definition) is 7. The van der Waals surface area contributed by atoms with Crippen LogP contribution in [0, 0.1) is 0 Å². The van der Waals surface area contributed by atoms with E-state index in [1.54, 1.807) is 0 Å². The Balaban J connectivity index is 3.51. The van der Waals surface area contributed by atoms with E-state index in [4.69, 9.17) is 16.6 Å². The smallest absolute Gasteiger partial charge is 0.322 e. The van der Waals surface area contributed by atoms with Crippen LogP contribution < -0.4 is 22.1 Å². The number of carbonyl (C=O) groups excluding carboxylic acids is 2. The molecule has 0 aliphatic carbocycles. The highest BCUT2D eigenvalue weighted by Crippen LogP contribution is 2.22. The molecule has 0 saturated heterocycles. The third-order valence-electron chi connectivity index (χ3n) is 1.79. The summed E-state index contributed by atoms with van der Waals surface area (Å²) in [6.45, 7) is -0.325. The van der Waals surface area contributed by atoms with Crippen molar-refractivity contribution < 1.29 is 19.5 Å². The minimum atomic E-state index is -1.08. The normalized spacial score (nSPS) is 11.7. The maximum Gasteiger partial charge on any atom is 0.322 e. The van der Waals surface area contributed by atoms with Gasteiger partial charge in [0.1, 0.15) is 6.54 Å². The average Bonchev–Trinajstić information content (AvgIpc) is 2.35. The number of aliphatic carboxylic acids is 1. The lowest BCUT2D eigenvalue weighted by Crippen LogP contribution is -2.44. The lowest BCUT2D eigenvalue weighted by atomic mass is 10.3. The molecule has 2 amide bonds. The van der Waals surface area contributed by atoms with Gasteiger partial charge in [0, 0.05) is 17.9 Å². The first-order valence-corrected chi connectivity index (χ1v) is 7.92. The number of carbonyl (C=O) groups is 3. The van der Waals surface area contributed by atoms with E-state index in [1.807, 2.05) is 0 Å². The van der Waals surface area contributed by atoms with Gasteiger partial charge in [0.05, 0.1) is 12.7 Å². The van der Waals surface area contributed by atoms with Crippen molar-refractivity contribution in [3.05, 3.63) is 0 Å². The van der Waals surface area contributed by atoms with Gasteiger partial charge >= 0.3 is 5.97 Å². The maximum atomic E-state index is 11.2. The summed E-state index contributed by atoms with van der Waals surface area (Å²) in [6, 6.07) is -0.637. The van der Waals surface area contributed by atoms with Gasteiger partial charge in [-0.15, -0.1) is 0 Å². The molecule has 8 nitrogen and oxygen atoms in total. The lowest BCUT2D eigenvalue weighted by molar-refractivity contribution is -0.137. The quantitative estimate of drug-likeness (QED) is 0.182. The molecule has 0 aromatic heterocycles. The van der Waals surface area contributed by atoms with Gasteiger partial charge in [-0.3, -0.25) is 14.4 Å². The van der Waals surface area contributed by atoms with Crippen LogP contribution in [0.3, 0.4) is 0 Å². The molecule has 0 unspecified atom stereocenters. The van der Waals surface area contributed by atoms with Crippen molar-refractivity contribution in [1.29, 1.82) is 0 Å².